The molecule has 0 spiro atoms. The van der Waals surface area contributed by atoms with Crippen molar-refractivity contribution in [3.8, 4) is 0 Å². The van der Waals surface area contributed by atoms with Crippen LogP contribution in [0.25, 0.3) is 0 Å². The molecule has 0 amide bonds. The minimum Gasteiger partial charge on any atom is -0.322 e. The third kappa shape index (κ3) is 4.16. The van der Waals surface area contributed by atoms with Crippen molar-refractivity contribution in [2.75, 3.05) is 6.54 Å². The van der Waals surface area contributed by atoms with Crippen LogP contribution in [0.3, 0.4) is 0 Å². The maximum atomic E-state index is 4.40. The summed E-state index contributed by atoms with van der Waals surface area (Å²) in [5.74, 6) is 1.45. The van der Waals surface area contributed by atoms with Crippen LogP contribution < -0.4 is 4.90 Å². The van der Waals surface area contributed by atoms with Gasteiger partial charge in [0.05, 0.1) is 12.1 Å². The number of hydrogen-bond donors (Lipinski definition) is 1. The third-order valence-corrected chi connectivity index (χ3v) is 4.24. The van der Waals surface area contributed by atoms with E-state index in [9.17, 15) is 0 Å². The van der Waals surface area contributed by atoms with Gasteiger partial charge in [0.2, 0.25) is 5.82 Å². The Balaban J connectivity index is 2.35. The molecule has 2 aromatic rings. The van der Waals surface area contributed by atoms with E-state index < -0.39 is 0 Å². The molecule has 0 saturated carbocycles. The second-order valence-corrected chi connectivity index (χ2v) is 7.52. The first-order chi connectivity index (χ1) is 10.8. The fourth-order valence-corrected chi connectivity index (χ4v) is 3.13. The van der Waals surface area contributed by atoms with Gasteiger partial charge in [-0.1, -0.05) is 44.2 Å². The molecule has 2 atom stereocenters. The normalized spacial score (nSPS) is 14.9. The van der Waals surface area contributed by atoms with E-state index in [1.54, 1.807) is 0 Å². The highest BCUT2D eigenvalue weighted by molar-refractivity contribution is 5.13. The standard InChI is InChI=1S/C18H29N5/c1-7-22(13-15-11-9-8-10-12-15)16(14(2)3)17-19-20-21-23(17)18(4,5)6/h8-12,14,16H,7,13H2,1-6H3/p+1/t16-/m1/s1. The van der Waals surface area contributed by atoms with E-state index in [1.165, 1.54) is 10.5 Å². The van der Waals surface area contributed by atoms with Gasteiger partial charge in [0.25, 0.3) is 0 Å². The molecule has 126 valence electrons. The second-order valence-electron chi connectivity index (χ2n) is 7.52. The summed E-state index contributed by atoms with van der Waals surface area (Å²) in [7, 11) is 0. The van der Waals surface area contributed by atoms with Gasteiger partial charge in [-0.3, -0.25) is 0 Å². The van der Waals surface area contributed by atoms with Crippen molar-refractivity contribution in [3.05, 3.63) is 41.7 Å². The van der Waals surface area contributed by atoms with E-state index in [1.807, 2.05) is 4.68 Å². The van der Waals surface area contributed by atoms with Crippen LogP contribution in [0.4, 0.5) is 0 Å². The fourth-order valence-electron chi connectivity index (χ4n) is 3.13. The summed E-state index contributed by atoms with van der Waals surface area (Å²) in [4.78, 5) is 1.49. The summed E-state index contributed by atoms with van der Waals surface area (Å²) in [6.45, 7) is 15.2. The Morgan fingerprint density at radius 3 is 2.30 bits per heavy atom. The number of rotatable bonds is 6. The van der Waals surface area contributed by atoms with Gasteiger partial charge in [-0.05, 0) is 38.1 Å². The largest absolute Gasteiger partial charge is 0.322 e. The number of aromatic nitrogens is 4. The molecule has 0 saturated heterocycles. The molecular weight excluding hydrogens is 286 g/mol. The molecule has 0 radical (unpaired) electrons. The first-order valence-corrected chi connectivity index (χ1v) is 8.51. The highest BCUT2D eigenvalue weighted by atomic mass is 15.6. The van der Waals surface area contributed by atoms with Crippen LogP contribution in [0.1, 0.15) is 59.0 Å². The lowest BCUT2D eigenvalue weighted by atomic mass is 9.99. The fraction of sp³-hybridized carbons (Fsp3) is 0.611. The first-order valence-electron chi connectivity index (χ1n) is 8.51. The van der Waals surface area contributed by atoms with E-state index in [0.29, 0.717) is 5.92 Å². The van der Waals surface area contributed by atoms with E-state index in [0.717, 1.165) is 18.9 Å². The molecular formula is C18H30N5+. The average molecular weight is 316 g/mol. The Morgan fingerprint density at radius 1 is 1.13 bits per heavy atom. The number of hydrogen-bond acceptors (Lipinski definition) is 3. The first kappa shape index (κ1) is 17.6. The smallest absolute Gasteiger partial charge is 0.210 e. The maximum Gasteiger partial charge on any atom is 0.210 e. The molecule has 1 heterocycles. The number of tetrazole rings is 1. The van der Waals surface area contributed by atoms with Crippen molar-refractivity contribution >= 4 is 0 Å². The Hall–Kier alpha value is -1.75. The summed E-state index contributed by atoms with van der Waals surface area (Å²) in [6.07, 6.45) is 0. The molecule has 0 aliphatic carbocycles. The van der Waals surface area contributed by atoms with Crippen molar-refractivity contribution in [3.63, 3.8) is 0 Å². The van der Waals surface area contributed by atoms with Gasteiger partial charge in [-0.2, -0.15) is 0 Å². The minimum absolute atomic E-state index is 0.114. The van der Waals surface area contributed by atoms with Crippen molar-refractivity contribution in [2.45, 2.75) is 59.7 Å². The average Bonchev–Trinajstić information content (AvgIpc) is 2.96. The Kier molecular flexibility index (Phi) is 5.52. The molecule has 0 bridgehead atoms. The summed E-state index contributed by atoms with van der Waals surface area (Å²) in [6, 6.07) is 10.9. The van der Waals surface area contributed by atoms with E-state index in [-0.39, 0.29) is 11.6 Å². The van der Waals surface area contributed by atoms with Crippen molar-refractivity contribution < 1.29 is 4.90 Å². The predicted octanol–water partition coefficient (Wildman–Crippen LogP) is 2.23. The number of quaternary nitrogens is 1. The number of nitrogens with zero attached hydrogens (tertiary/aromatic N) is 4. The third-order valence-electron chi connectivity index (χ3n) is 4.24. The van der Waals surface area contributed by atoms with Crippen LogP contribution >= 0.6 is 0 Å². The highest BCUT2D eigenvalue weighted by Crippen LogP contribution is 2.21. The molecule has 0 fully saturated rings. The summed E-state index contributed by atoms with van der Waals surface area (Å²) < 4.78 is 1.98. The molecule has 5 heteroatoms. The lowest BCUT2D eigenvalue weighted by Crippen LogP contribution is -3.11. The molecule has 5 nitrogen and oxygen atoms in total. The molecule has 1 N–H and O–H groups in total. The van der Waals surface area contributed by atoms with Gasteiger partial charge < -0.3 is 4.90 Å². The van der Waals surface area contributed by atoms with Crippen molar-refractivity contribution in [1.29, 1.82) is 0 Å². The van der Waals surface area contributed by atoms with Crippen LogP contribution in [0.2, 0.25) is 0 Å². The molecule has 0 aliphatic heterocycles. The van der Waals surface area contributed by atoms with Gasteiger partial charge in [0, 0.05) is 11.5 Å². The lowest BCUT2D eigenvalue weighted by Gasteiger charge is -2.31. The van der Waals surface area contributed by atoms with Crippen LogP contribution in [-0.2, 0) is 12.1 Å². The zero-order valence-corrected chi connectivity index (χ0v) is 15.2. The number of nitrogens with one attached hydrogen (secondary N) is 1. The van der Waals surface area contributed by atoms with Crippen LogP contribution in [-0.4, -0.2) is 26.8 Å². The predicted molar refractivity (Wildman–Crippen MR) is 92.0 cm³/mol. The van der Waals surface area contributed by atoms with E-state index in [4.69, 9.17) is 0 Å². The van der Waals surface area contributed by atoms with Gasteiger partial charge in [-0.15, -0.1) is 5.10 Å². The molecule has 1 aromatic heterocycles. The number of benzene rings is 1. The maximum absolute atomic E-state index is 4.40. The summed E-state index contributed by atoms with van der Waals surface area (Å²) >= 11 is 0. The van der Waals surface area contributed by atoms with Crippen LogP contribution in [0.5, 0.6) is 0 Å². The van der Waals surface area contributed by atoms with E-state index >= 15 is 0 Å². The molecule has 1 aromatic carbocycles. The van der Waals surface area contributed by atoms with Gasteiger partial charge in [-0.25, -0.2) is 4.68 Å². The van der Waals surface area contributed by atoms with E-state index in [2.05, 4.69) is 87.4 Å². The molecule has 2 rings (SSSR count). The minimum atomic E-state index is -0.114. The zero-order chi connectivity index (χ0) is 17.0. The zero-order valence-electron chi connectivity index (χ0n) is 15.2. The van der Waals surface area contributed by atoms with Crippen LogP contribution in [0, 0.1) is 5.92 Å². The summed E-state index contributed by atoms with van der Waals surface area (Å²) in [5, 5.41) is 12.6. The lowest BCUT2D eigenvalue weighted by molar-refractivity contribution is -0.948. The monoisotopic (exact) mass is 316 g/mol. The van der Waals surface area contributed by atoms with Gasteiger partial charge >= 0.3 is 0 Å². The van der Waals surface area contributed by atoms with Crippen molar-refractivity contribution in [2.24, 2.45) is 5.92 Å². The Bertz CT molecular complexity index is 597. The Morgan fingerprint density at radius 2 is 1.78 bits per heavy atom. The quantitative estimate of drug-likeness (QED) is 0.889. The SMILES string of the molecule is CC[NH+](Cc1ccccc1)[C@@H](c1nnnn1C(C)(C)C)C(C)C. The summed E-state index contributed by atoms with van der Waals surface area (Å²) in [5.41, 5.74) is 1.24. The molecule has 23 heavy (non-hydrogen) atoms. The Labute approximate surface area is 139 Å². The van der Waals surface area contributed by atoms with Crippen molar-refractivity contribution in [1.82, 2.24) is 20.2 Å². The van der Waals surface area contributed by atoms with Crippen LogP contribution in [0.15, 0.2) is 30.3 Å². The van der Waals surface area contributed by atoms with Gasteiger partial charge in [0.1, 0.15) is 6.54 Å². The molecule has 1 unspecified atom stereocenters. The molecule has 0 aliphatic rings. The van der Waals surface area contributed by atoms with Gasteiger partial charge in [0.15, 0.2) is 6.04 Å². The topological polar surface area (TPSA) is 48.0 Å². The second kappa shape index (κ2) is 7.21. The highest BCUT2D eigenvalue weighted by Gasteiger charge is 2.34.